The Bertz CT molecular complexity index is 1100. The number of halogens is 2. The van der Waals surface area contributed by atoms with Crippen molar-refractivity contribution in [1.82, 2.24) is 0 Å². The first-order chi connectivity index (χ1) is 13.3. The summed E-state index contributed by atoms with van der Waals surface area (Å²) in [6.07, 6.45) is 0. The summed E-state index contributed by atoms with van der Waals surface area (Å²) in [6.45, 7) is 1.12. The van der Waals surface area contributed by atoms with E-state index in [-0.39, 0.29) is 38.2 Å². The second-order valence-electron chi connectivity index (χ2n) is 6.02. The number of rotatable bonds is 4. The van der Waals surface area contributed by atoms with Crippen molar-refractivity contribution >= 4 is 51.5 Å². The number of amides is 1. The highest BCUT2D eigenvalue weighted by atomic mass is 35.5. The molecular formula is C20H15Cl2NO5. The van der Waals surface area contributed by atoms with E-state index in [4.69, 9.17) is 27.9 Å². The molecule has 0 bridgehead atoms. The van der Waals surface area contributed by atoms with Crippen LogP contribution >= 0.6 is 23.2 Å². The van der Waals surface area contributed by atoms with Crippen molar-refractivity contribution in [3.8, 4) is 11.5 Å². The van der Waals surface area contributed by atoms with Gasteiger partial charge >= 0.3 is 5.97 Å². The topological polar surface area (TPSA) is 95.9 Å². The summed E-state index contributed by atoms with van der Waals surface area (Å²) >= 11 is 12.2. The quantitative estimate of drug-likeness (QED) is 0.422. The van der Waals surface area contributed by atoms with Crippen LogP contribution in [-0.2, 0) is 9.53 Å². The largest absolute Gasteiger partial charge is 0.507 e. The first kappa shape index (κ1) is 19.8. The van der Waals surface area contributed by atoms with Gasteiger partial charge in [-0.15, -0.1) is 0 Å². The van der Waals surface area contributed by atoms with Crippen LogP contribution in [0.4, 0.5) is 5.69 Å². The van der Waals surface area contributed by atoms with E-state index in [1.165, 1.54) is 0 Å². The van der Waals surface area contributed by atoms with E-state index in [0.29, 0.717) is 5.39 Å². The lowest BCUT2D eigenvalue weighted by Crippen LogP contribution is -2.21. The van der Waals surface area contributed by atoms with E-state index < -0.39 is 18.5 Å². The SMILES string of the molecule is Cc1ccc(Cl)c(NC(=O)COC(=O)c2cc(O)c3ccccc3c2O)c1Cl. The minimum atomic E-state index is -0.963. The number of phenols is 2. The molecule has 6 nitrogen and oxygen atoms in total. The Labute approximate surface area is 170 Å². The van der Waals surface area contributed by atoms with Crippen molar-refractivity contribution in [3.63, 3.8) is 0 Å². The Morgan fingerprint density at radius 1 is 1.07 bits per heavy atom. The van der Waals surface area contributed by atoms with Gasteiger partial charge in [0.2, 0.25) is 0 Å². The summed E-state index contributed by atoms with van der Waals surface area (Å²) in [7, 11) is 0. The van der Waals surface area contributed by atoms with Crippen LogP contribution in [0.2, 0.25) is 10.0 Å². The van der Waals surface area contributed by atoms with E-state index in [1.807, 2.05) is 0 Å². The molecule has 1 amide bonds. The molecule has 144 valence electrons. The van der Waals surface area contributed by atoms with Crippen LogP contribution in [0.1, 0.15) is 15.9 Å². The van der Waals surface area contributed by atoms with E-state index >= 15 is 0 Å². The summed E-state index contributed by atoms with van der Waals surface area (Å²) < 4.78 is 4.95. The maximum absolute atomic E-state index is 12.3. The molecule has 3 aromatic carbocycles. The van der Waals surface area contributed by atoms with Gasteiger partial charge in [-0.25, -0.2) is 4.79 Å². The highest BCUT2D eigenvalue weighted by Crippen LogP contribution is 2.36. The zero-order valence-electron chi connectivity index (χ0n) is 14.6. The monoisotopic (exact) mass is 419 g/mol. The molecule has 0 saturated carbocycles. The second-order valence-corrected chi connectivity index (χ2v) is 6.80. The number of benzene rings is 3. The number of carbonyl (C=O) groups excluding carboxylic acids is 2. The van der Waals surface area contributed by atoms with Crippen molar-refractivity contribution < 1.29 is 24.5 Å². The van der Waals surface area contributed by atoms with Gasteiger partial charge in [0.15, 0.2) is 6.61 Å². The zero-order chi connectivity index (χ0) is 20.4. The summed E-state index contributed by atoms with van der Waals surface area (Å²) in [5.41, 5.74) is 0.682. The number of hydrogen-bond donors (Lipinski definition) is 3. The number of nitrogens with one attached hydrogen (secondary N) is 1. The van der Waals surface area contributed by atoms with Gasteiger partial charge in [0.25, 0.3) is 5.91 Å². The number of carbonyl (C=O) groups is 2. The molecule has 3 N–H and O–H groups in total. The van der Waals surface area contributed by atoms with Crippen LogP contribution in [0.25, 0.3) is 10.8 Å². The molecule has 8 heteroatoms. The highest BCUT2D eigenvalue weighted by Gasteiger charge is 2.20. The molecule has 0 aliphatic heterocycles. The van der Waals surface area contributed by atoms with E-state index in [0.717, 1.165) is 11.6 Å². The molecule has 0 fully saturated rings. The Morgan fingerprint density at radius 3 is 2.46 bits per heavy atom. The van der Waals surface area contributed by atoms with Crippen molar-refractivity contribution in [3.05, 3.63) is 63.6 Å². The van der Waals surface area contributed by atoms with Crippen LogP contribution in [0.3, 0.4) is 0 Å². The van der Waals surface area contributed by atoms with Crippen LogP contribution in [-0.4, -0.2) is 28.7 Å². The van der Waals surface area contributed by atoms with Crippen molar-refractivity contribution in [1.29, 1.82) is 0 Å². The lowest BCUT2D eigenvalue weighted by Gasteiger charge is -2.12. The standard InChI is InChI=1S/C20H15Cl2NO5/c1-10-6-7-14(21)18(17(10)22)23-16(25)9-28-20(27)13-8-15(24)11-4-2-3-5-12(11)19(13)26/h2-8,24,26H,9H2,1H3,(H,23,25). The molecule has 3 aromatic rings. The molecule has 0 atom stereocenters. The molecule has 0 aromatic heterocycles. The zero-order valence-corrected chi connectivity index (χ0v) is 16.1. The molecular weight excluding hydrogens is 405 g/mol. The maximum Gasteiger partial charge on any atom is 0.342 e. The van der Waals surface area contributed by atoms with Crippen molar-refractivity contribution in [2.24, 2.45) is 0 Å². The fraction of sp³-hybridized carbons (Fsp3) is 0.100. The molecule has 0 saturated heterocycles. The van der Waals surface area contributed by atoms with Gasteiger partial charge in [-0.05, 0) is 24.6 Å². The molecule has 0 unspecified atom stereocenters. The maximum atomic E-state index is 12.3. The smallest absolute Gasteiger partial charge is 0.342 e. The summed E-state index contributed by atoms with van der Waals surface area (Å²) in [4.78, 5) is 24.4. The Kier molecular flexibility index (Phi) is 5.63. The number of aryl methyl sites for hydroxylation is 1. The lowest BCUT2D eigenvalue weighted by molar-refractivity contribution is -0.119. The Morgan fingerprint density at radius 2 is 1.75 bits per heavy atom. The minimum Gasteiger partial charge on any atom is -0.507 e. The Hall–Kier alpha value is -2.96. The first-order valence-electron chi connectivity index (χ1n) is 8.15. The van der Waals surface area contributed by atoms with Crippen molar-refractivity contribution in [2.75, 3.05) is 11.9 Å². The molecule has 28 heavy (non-hydrogen) atoms. The fourth-order valence-electron chi connectivity index (χ4n) is 2.65. The number of ether oxygens (including phenoxy) is 1. The molecule has 0 aliphatic carbocycles. The van der Waals surface area contributed by atoms with Gasteiger partial charge < -0.3 is 20.3 Å². The molecule has 0 radical (unpaired) electrons. The minimum absolute atomic E-state index is 0.192. The lowest BCUT2D eigenvalue weighted by atomic mass is 10.0. The van der Waals surface area contributed by atoms with Gasteiger partial charge in [-0.2, -0.15) is 0 Å². The van der Waals surface area contributed by atoms with E-state index in [1.54, 1.807) is 43.3 Å². The average Bonchev–Trinajstić information content (AvgIpc) is 2.69. The van der Waals surface area contributed by atoms with Gasteiger partial charge in [0, 0.05) is 10.8 Å². The predicted octanol–water partition coefficient (Wildman–Crippen LogP) is 4.66. The van der Waals surface area contributed by atoms with Crippen LogP contribution < -0.4 is 5.32 Å². The van der Waals surface area contributed by atoms with Gasteiger partial charge in [-0.1, -0.05) is 53.5 Å². The Balaban J connectivity index is 1.74. The molecule has 0 aliphatic rings. The van der Waals surface area contributed by atoms with Crippen LogP contribution in [0, 0.1) is 6.92 Å². The second kappa shape index (κ2) is 7.96. The summed E-state index contributed by atoms with van der Waals surface area (Å²) in [5, 5.41) is 24.0. The highest BCUT2D eigenvalue weighted by molar-refractivity contribution is 6.40. The number of esters is 1. The number of phenolic OH excluding ortho intramolecular Hbond substituents is 2. The molecule has 0 heterocycles. The molecule has 0 spiro atoms. The van der Waals surface area contributed by atoms with Gasteiger partial charge in [-0.3, -0.25) is 4.79 Å². The normalized spacial score (nSPS) is 10.7. The van der Waals surface area contributed by atoms with Gasteiger partial charge in [0.1, 0.15) is 17.1 Å². The number of fused-ring (bicyclic) bond motifs is 1. The number of anilines is 1. The third-order valence-corrected chi connectivity index (χ3v) is 4.90. The third-order valence-electron chi connectivity index (χ3n) is 4.10. The predicted molar refractivity (Wildman–Crippen MR) is 107 cm³/mol. The fourth-order valence-corrected chi connectivity index (χ4v) is 3.12. The average molecular weight is 420 g/mol. The summed E-state index contributed by atoms with van der Waals surface area (Å²) in [6, 6.07) is 10.9. The van der Waals surface area contributed by atoms with Crippen molar-refractivity contribution in [2.45, 2.75) is 6.92 Å². The number of hydrogen-bond acceptors (Lipinski definition) is 5. The molecule has 3 rings (SSSR count). The summed E-state index contributed by atoms with van der Waals surface area (Å²) in [5.74, 6) is -2.16. The first-order valence-corrected chi connectivity index (χ1v) is 8.90. The van der Waals surface area contributed by atoms with E-state index in [2.05, 4.69) is 5.32 Å². The van der Waals surface area contributed by atoms with Gasteiger partial charge in [0.05, 0.1) is 15.7 Å². The third kappa shape index (κ3) is 3.83. The number of aromatic hydroxyl groups is 2. The van der Waals surface area contributed by atoms with Crippen LogP contribution in [0.15, 0.2) is 42.5 Å². The van der Waals surface area contributed by atoms with Crippen LogP contribution in [0.5, 0.6) is 11.5 Å². The van der Waals surface area contributed by atoms with E-state index in [9.17, 15) is 19.8 Å².